The molecule has 3 heterocycles. The zero-order valence-corrected chi connectivity index (χ0v) is 18.4. The van der Waals surface area contributed by atoms with Gasteiger partial charge < -0.3 is 14.4 Å². The molecule has 0 aliphatic rings. The molecule has 0 aliphatic heterocycles. The van der Waals surface area contributed by atoms with Gasteiger partial charge in [0.2, 0.25) is 0 Å². The Kier molecular flexibility index (Phi) is 6.13. The van der Waals surface area contributed by atoms with Gasteiger partial charge in [-0.05, 0) is 42.3 Å². The number of thiazole rings is 1. The zero-order valence-electron chi connectivity index (χ0n) is 17.6. The minimum atomic E-state index is -1.07. The second-order valence-corrected chi connectivity index (χ2v) is 7.95. The summed E-state index contributed by atoms with van der Waals surface area (Å²) in [5.41, 5.74) is 2.80. The van der Waals surface area contributed by atoms with E-state index in [9.17, 15) is 14.7 Å². The maximum absolute atomic E-state index is 13.5. The van der Waals surface area contributed by atoms with Crippen molar-refractivity contribution in [2.24, 2.45) is 0 Å². The Labute approximate surface area is 188 Å². The molecule has 1 aromatic carbocycles. The number of pyridine rings is 2. The molecule has 0 bridgehead atoms. The number of ether oxygens (including phenoxy) is 1. The molecule has 0 amide bonds. The van der Waals surface area contributed by atoms with E-state index in [4.69, 9.17) is 4.74 Å². The first kappa shape index (κ1) is 21.5. The van der Waals surface area contributed by atoms with Crippen molar-refractivity contribution in [3.05, 3.63) is 87.4 Å². The molecule has 4 aromatic rings. The number of carbonyl (C=O) groups is 1. The molecular weight excluding hydrogens is 426 g/mol. The molecule has 4 rings (SSSR count). The first-order chi connectivity index (χ1) is 15.5. The van der Waals surface area contributed by atoms with Gasteiger partial charge in [0.25, 0.3) is 5.56 Å². The lowest BCUT2D eigenvalue weighted by Gasteiger charge is -2.16. The van der Waals surface area contributed by atoms with Crippen LogP contribution in [0.4, 0.5) is 0 Å². The van der Waals surface area contributed by atoms with Crippen molar-refractivity contribution < 1.29 is 14.6 Å². The largest absolute Gasteiger partial charge is 0.497 e. The Bertz CT molecular complexity index is 1310. The number of carboxylic acids is 1. The fraction of sp³-hybridized carbons (Fsp3) is 0.167. The second kappa shape index (κ2) is 9.15. The summed E-state index contributed by atoms with van der Waals surface area (Å²) < 4.78 is 6.73. The average Bonchev–Trinajstić information content (AvgIpc) is 3.31. The highest BCUT2D eigenvalue weighted by atomic mass is 32.1. The number of nitrogens with zero attached hydrogens (tertiary/aromatic N) is 3. The van der Waals surface area contributed by atoms with E-state index < -0.39 is 5.97 Å². The summed E-state index contributed by atoms with van der Waals surface area (Å²) in [5, 5.41) is 12.4. The van der Waals surface area contributed by atoms with E-state index in [1.165, 1.54) is 22.0 Å². The van der Waals surface area contributed by atoms with Crippen LogP contribution in [-0.4, -0.2) is 32.7 Å². The molecule has 0 aliphatic carbocycles. The normalized spacial score (nSPS) is 10.8. The second-order valence-electron chi connectivity index (χ2n) is 7.09. The van der Waals surface area contributed by atoms with Crippen LogP contribution in [0.2, 0.25) is 0 Å². The number of aromatic nitrogens is 3. The Balaban J connectivity index is 1.84. The Morgan fingerprint density at radius 3 is 2.50 bits per heavy atom. The number of benzene rings is 1. The highest BCUT2D eigenvalue weighted by Crippen LogP contribution is 2.28. The lowest BCUT2D eigenvalue weighted by atomic mass is 10.1. The monoisotopic (exact) mass is 447 g/mol. The highest BCUT2D eigenvalue weighted by molar-refractivity contribution is 7.13. The number of rotatable bonds is 7. The van der Waals surface area contributed by atoms with Gasteiger partial charge >= 0.3 is 5.97 Å². The van der Waals surface area contributed by atoms with Gasteiger partial charge in [-0.15, -0.1) is 11.3 Å². The Hall–Kier alpha value is -3.78. The quantitative estimate of drug-likeness (QED) is 0.453. The van der Waals surface area contributed by atoms with Crippen molar-refractivity contribution in [2.75, 3.05) is 7.11 Å². The van der Waals surface area contributed by atoms with Crippen LogP contribution in [0, 0.1) is 0 Å². The van der Waals surface area contributed by atoms with Crippen LogP contribution in [0.25, 0.3) is 21.8 Å². The Morgan fingerprint density at radius 2 is 1.88 bits per heavy atom. The van der Waals surface area contributed by atoms with Gasteiger partial charge in [-0.3, -0.25) is 9.78 Å². The van der Waals surface area contributed by atoms with E-state index >= 15 is 0 Å². The van der Waals surface area contributed by atoms with Gasteiger partial charge in [0, 0.05) is 29.0 Å². The zero-order chi connectivity index (χ0) is 22.7. The first-order valence-corrected chi connectivity index (χ1v) is 10.9. The van der Waals surface area contributed by atoms with Gasteiger partial charge in [-0.1, -0.05) is 19.1 Å². The van der Waals surface area contributed by atoms with Crippen molar-refractivity contribution >= 4 is 17.3 Å². The molecule has 1 N–H and O–H groups in total. The van der Waals surface area contributed by atoms with Crippen LogP contribution in [0.3, 0.4) is 0 Å². The van der Waals surface area contributed by atoms with Crippen LogP contribution in [-0.2, 0) is 13.0 Å². The lowest BCUT2D eigenvalue weighted by Crippen LogP contribution is -2.28. The predicted octanol–water partition coefficient (Wildman–Crippen LogP) is 4.35. The van der Waals surface area contributed by atoms with Crippen molar-refractivity contribution in [3.8, 4) is 27.6 Å². The molecule has 0 unspecified atom stereocenters. The molecule has 0 saturated carbocycles. The van der Waals surface area contributed by atoms with Crippen LogP contribution in [0.5, 0.6) is 5.75 Å². The first-order valence-electron chi connectivity index (χ1n) is 10.0. The maximum atomic E-state index is 13.5. The van der Waals surface area contributed by atoms with Crippen LogP contribution < -0.4 is 10.3 Å². The number of methoxy groups -OCH3 is 1. The molecule has 0 spiro atoms. The van der Waals surface area contributed by atoms with E-state index in [1.54, 1.807) is 24.9 Å². The van der Waals surface area contributed by atoms with Crippen LogP contribution in [0.1, 0.15) is 28.5 Å². The van der Waals surface area contributed by atoms with E-state index in [0.29, 0.717) is 23.6 Å². The summed E-state index contributed by atoms with van der Waals surface area (Å²) in [6.45, 7) is 2.09. The summed E-state index contributed by atoms with van der Waals surface area (Å²) in [7, 11) is 1.59. The SMILES string of the molecule is CCc1c(C(=O)O)cc(-c2csc(-c3ccncc3)n2)c(=O)n1Cc1ccc(OC)cc1. The summed E-state index contributed by atoms with van der Waals surface area (Å²) in [5.74, 6) is -0.362. The molecule has 0 saturated heterocycles. The van der Waals surface area contributed by atoms with Crippen molar-refractivity contribution in [3.63, 3.8) is 0 Å². The molecule has 8 heteroatoms. The highest BCUT2D eigenvalue weighted by Gasteiger charge is 2.21. The van der Waals surface area contributed by atoms with Crippen LogP contribution in [0.15, 0.2) is 65.0 Å². The lowest BCUT2D eigenvalue weighted by molar-refractivity contribution is 0.0694. The Morgan fingerprint density at radius 1 is 1.16 bits per heavy atom. The minimum absolute atomic E-state index is 0.106. The predicted molar refractivity (Wildman–Crippen MR) is 123 cm³/mol. The molecule has 0 atom stereocenters. The average molecular weight is 448 g/mol. The van der Waals surface area contributed by atoms with Gasteiger partial charge in [0.15, 0.2) is 0 Å². The third-order valence-corrected chi connectivity index (χ3v) is 6.06. The smallest absolute Gasteiger partial charge is 0.337 e. The van der Waals surface area contributed by atoms with E-state index in [0.717, 1.165) is 16.1 Å². The van der Waals surface area contributed by atoms with E-state index in [2.05, 4.69) is 9.97 Å². The van der Waals surface area contributed by atoms with Gasteiger partial charge in [0.1, 0.15) is 10.8 Å². The standard InChI is InChI=1S/C24H21N3O4S/c1-3-21-19(24(29)30)12-18(20-14-32-22(26-20)16-8-10-25-11-9-16)23(28)27(21)13-15-4-6-17(31-2)7-5-15/h4-12,14H,3,13H2,1-2H3,(H,29,30). The number of hydrogen-bond donors (Lipinski definition) is 1. The maximum Gasteiger partial charge on any atom is 0.337 e. The topological polar surface area (TPSA) is 94.3 Å². The number of aromatic carboxylic acids is 1. The van der Waals surface area contributed by atoms with Crippen molar-refractivity contribution in [1.29, 1.82) is 0 Å². The fourth-order valence-corrected chi connectivity index (χ4v) is 4.38. The molecule has 32 heavy (non-hydrogen) atoms. The molecule has 0 radical (unpaired) electrons. The van der Waals surface area contributed by atoms with E-state index in [-0.39, 0.29) is 23.2 Å². The van der Waals surface area contributed by atoms with Gasteiger partial charge in [-0.2, -0.15) is 0 Å². The third-order valence-electron chi connectivity index (χ3n) is 5.17. The van der Waals surface area contributed by atoms with Crippen molar-refractivity contribution in [1.82, 2.24) is 14.5 Å². The van der Waals surface area contributed by atoms with Gasteiger partial charge in [0.05, 0.1) is 30.5 Å². The summed E-state index contributed by atoms with van der Waals surface area (Å²) in [6, 6.07) is 12.5. The molecule has 162 valence electrons. The molecule has 3 aromatic heterocycles. The summed E-state index contributed by atoms with van der Waals surface area (Å²) in [6.07, 6.45) is 3.76. The summed E-state index contributed by atoms with van der Waals surface area (Å²) >= 11 is 1.40. The molecule has 0 fully saturated rings. The van der Waals surface area contributed by atoms with Crippen LogP contribution >= 0.6 is 11.3 Å². The van der Waals surface area contributed by atoms with E-state index in [1.807, 2.05) is 43.3 Å². The van der Waals surface area contributed by atoms with Gasteiger partial charge in [-0.25, -0.2) is 9.78 Å². The minimum Gasteiger partial charge on any atom is -0.497 e. The number of carboxylic acid groups (broad SMARTS) is 1. The third kappa shape index (κ3) is 4.17. The summed E-state index contributed by atoms with van der Waals surface area (Å²) in [4.78, 5) is 34.1. The molecular formula is C24H21N3O4S. The fourth-order valence-electron chi connectivity index (χ4n) is 3.56. The van der Waals surface area contributed by atoms with Crippen molar-refractivity contribution in [2.45, 2.75) is 19.9 Å². The number of hydrogen-bond acceptors (Lipinski definition) is 6. The molecule has 7 nitrogen and oxygen atoms in total.